The Balaban J connectivity index is 1.87. The lowest BCUT2D eigenvalue weighted by molar-refractivity contribution is 0.0702. The summed E-state index contributed by atoms with van der Waals surface area (Å²) in [5.74, 6) is -1.47. The largest absolute Gasteiger partial charge is 0.477 e. The molecule has 0 radical (unpaired) electrons. The van der Waals surface area contributed by atoms with Crippen molar-refractivity contribution in [3.05, 3.63) is 75.1 Å². The van der Waals surface area contributed by atoms with E-state index in [9.17, 15) is 14.7 Å². The van der Waals surface area contributed by atoms with E-state index >= 15 is 0 Å². The van der Waals surface area contributed by atoms with Gasteiger partial charge >= 0.3 is 5.97 Å². The van der Waals surface area contributed by atoms with Crippen LogP contribution in [0.15, 0.2) is 54.6 Å². The molecule has 32 heavy (non-hydrogen) atoms. The summed E-state index contributed by atoms with van der Waals surface area (Å²) in [6.07, 6.45) is 3.34. The Bertz CT molecular complexity index is 1150. The fourth-order valence-corrected chi connectivity index (χ4v) is 5.63. The molecule has 5 nitrogen and oxygen atoms in total. The van der Waals surface area contributed by atoms with Crippen LogP contribution in [0, 0.1) is 0 Å². The van der Waals surface area contributed by atoms with Crippen LogP contribution in [0.25, 0.3) is 10.4 Å². The third-order valence-corrected chi connectivity index (χ3v) is 7.43. The van der Waals surface area contributed by atoms with E-state index in [0.717, 1.165) is 41.0 Å². The highest BCUT2D eigenvalue weighted by atomic mass is 35.5. The topological polar surface area (TPSA) is 83.6 Å². The van der Waals surface area contributed by atoms with Crippen LogP contribution >= 0.6 is 34.5 Å². The van der Waals surface area contributed by atoms with Gasteiger partial charge in [0.05, 0.1) is 22.3 Å². The smallest absolute Gasteiger partial charge is 0.348 e. The van der Waals surface area contributed by atoms with E-state index in [1.807, 2.05) is 30.3 Å². The molecule has 0 bridgehead atoms. The molecule has 1 aliphatic carbocycles. The molecule has 0 spiro atoms. The minimum absolute atomic E-state index is 0.0973. The SMILES string of the molecule is N[C@H]1CCCCC1N(C(=O)c1ccc(Cl)cc1Cl)c1cc(-c2ccccc2)sc1C(=O)O. The quantitative estimate of drug-likeness (QED) is 0.438. The molecule has 1 fully saturated rings. The maximum atomic E-state index is 13.8. The van der Waals surface area contributed by atoms with Crippen molar-refractivity contribution in [2.24, 2.45) is 5.73 Å². The number of carbonyl (C=O) groups excluding carboxylic acids is 1. The minimum atomic E-state index is -1.09. The molecule has 1 aromatic heterocycles. The summed E-state index contributed by atoms with van der Waals surface area (Å²) in [5, 5.41) is 10.6. The summed E-state index contributed by atoms with van der Waals surface area (Å²) in [4.78, 5) is 28.4. The van der Waals surface area contributed by atoms with Crippen LogP contribution in [0.2, 0.25) is 10.0 Å². The first kappa shape index (κ1) is 22.8. The van der Waals surface area contributed by atoms with Crippen LogP contribution in [0.1, 0.15) is 45.7 Å². The normalized spacial score (nSPS) is 18.3. The molecule has 1 unspecified atom stereocenters. The zero-order valence-corrected chi connectivity index (χ0v) is 19.5. The van der Waals surface area contributed by atoms with E-state index in [2.05, 4.69) is 0 Å². The van der Waals surface area contributed by atoms with Gasteiger partial charge < -0.3 is 15.7 Å². The predicted molar refractivity (Wildman–Crippen MR) is 130 cm³/mol. The molecule has 166 valence electrons. The molecule has 1 saturated carbocycles. The van der Waals surface area contributed by atoms with Crippen molar-refractivity contribution in [2.75, 3.05) is 4.90 Å². The van der Waals surface area contributed by atoms with Crippen LogP contribution in [0.5, 0.6) is 0 Å². The van der Waals surface area contributed by atoms with Gasteiger partial charge in [-0.2, -0.15) is 0 Å². The Labute approximate surface area is 200 Å². The Hall–Kier alpha value is -2.38. The Morgan fingerprint density at radius 1 is 1.03 bits per heavy atom. The van der Waals surface area contributed by atoms with Crippen LogP contribution < -0.4 is 10.6 Å². The molecule has 0 aliphatic heterocycles. The number of aromatic carboxylic acids is 1. The number of carboxylic acids is 1. The van der Waals surface area contributed by atoms with Crippen LogP contribution in [-0.4, -0.2) is 29.1 Å². The van der Waals surface area contributed by atoms with Crippen LogP contribution in [-0.2, 0) is 0 Å². The molecule has 2 aromatic carbocycles. The summed E-state index contributed by atoms with van der Waals surface area (Å²) in [7, 11) is 0. The molecule has 8 heteroatoms. The highest BCUT2D eigenvalue weighted by Crippen LogP contribution is 2.40. The number of carbonyl (C=O) groups is 2. The molecule has 3 N–H and O–H groups in total. The minimum Gasteiger partial charge on any atom is -0.477 e. The number of rotatable bonds is 5. The van der Waals surface area contributed by atoms with Crippen molar-refractivity contribution in [1.29, 1.82) is 0 Å². The third-order valence-electron chi connectivity index (χ3n) is 5.72. The van der Waals surface area contributed by atoms with E-state index < -0.39 is 5.97 Å². The zero-order chi connectivity index (χ0) is 22.8. The molecule has 4 rings (SSSR count). The van der Waals surface area contributed by atoms with Crippen molar-refractivity contribution >= 4 is 52.1 Å². The van der Waals surface area contributed by atoms with E-state index in [-0.39, 0.29) is 33.5 Å². The first-order valence-electron chi connectivity index (χ1n) is 10.3. The van der Waals surface area contributed by atoms with Gasteiger partial charge in [0.25, 0.3) is 5.91 Å². The fourth-order valence-electron chi connectivity index (χ4n) is 4.15. The summed E-state index contributed by atoms with van der Waals surface area (Å²) in [5.41, 5.74) is 7.94. The van der Waals surface area contributed by atoms with Crippen molar-refractivity contribution in [3.8, 4) is 10.4 Å². The number of hydrogen-bond donors (Lipinski definition) is 2. The average Bonchev–Trinajstić information content (AvgIpc) is 3.21. The molecule has 3 aromatic rings. The average molecular weight is 489 g/mol. The third kappa shape index (κ3) is 4.55. The summed E-state index contributed by atoms with van der Waals surface area (Å²) in [6.45, 7) is 0. The van der Waals surface area contributed by atoms with Crippen molar-refractivity contribution in [2.45, 2.75) is 37.8 Å². The number of benzene rings is 2. The number of amides is 1. The van der Waals surface area contributed by atoms with Crippen LogP contribution in [0.4, 0.5) is 5.69 Å². The van der Waals surface area contributed by atoms with Crippen molar-refractivity contribution in [3.63, 3.8) is 0 Å². The Morgan fingerprint density at radius 2 is 1.75 bits per heavy atom. The standard InChI is InChI=1S/C24H22Cl2N2O3S/c25-15-10-11-16(17(26)12-15)23(29)28(19-9-5-4-8-18(19)27)20-13-21(32-22(20)24(30)31)14-6-2-1-3-7-14/h1-3,6-7,10-13,18-19H,4-5,8-9,27H2,(H,30,31)/t18-,19?/m0/s1. The number of nitrogens with zero attached hydrogens (tertiary/aromatic N) is 1. The lowest BCUT2D eigenvalue weighted by atomic mass is 9.89. The summed E-state index contributed by atoms with van der Waals surface area (Å²) in [6, 6.07) is 15.4. The fraction of sp³-hybridized carbons (Fsp3) is 0.250. The molecule has 0 saturated heterocycles. The number of anilines is 1. The maximum absolute atomic E-state index is 13.8. The van der Waals surface area contributed by atoms with Gasteiger partial charge in [0.2, 0.25) is 0 Å². The lowest BCUT2D eigenvalue weighted by Gasteiger charge is -2.38. The van der Waals surface area contributed by atoms with Gasteiger partial charge in [0.15, 0.2) is 0 Å². The second kappa shape index (κ2) is 9.63. The Morgan fingerprint density at radius 3 is 2.41 bits per heavy atom. The number of thiophene rings is 1. The summed E-state index contributed by atoms with van der Waals surface area (Å²) >= 11 is 13.5. The van der Waals surface area contributed by atoms with Gasteiger partial charge in [0, 0.05) is 15.9 Å². The predicted octanol–water partition coefficient (Wildman–Crippen LogP) is 6.34. The van der Waals surface area contributed by atoms with Gasteiger partial charge in [-0.05, 0) is 42.7 Å². The van der Waals surface area contributed by atoms with Gasteiger partial charge in [-0.1, -0.05) is 66.4 Å². The second-order valence-electron chi connectivity index (χ2n) is 7.81. The molecule has 1 amide bonds. The number of nitrogens with two attached hydrogens (primary N) is 1. The van der Waals surface area contributed by atoms with E-state index in [1.165, 1.54) is 6.07 Å². The number of halogens is 2. The number of carboxylic acid groups (broad SMARTS) is 1. The molecule has 1 aliphatic rings. The number of hydrogen-bond acceptors (Lipinski definition) is 4. The van der Waals surface area contributed by atoms with E-state index in [0.29, 0.717) is 17.1 Å². The summed E-state index contributed by atoms with van der Waals surface area (Å²) < 4.78 is 0. The first-order chi connectivity index (χ1) is 15.4. The highest BCUT2D eigenvalue weighted by molar-refractivity contribution is 7.18. The monoisotopic (exact) mass is 488 g/mol. The van der Waals surface area contributed by atoms with Gasteiger partial charge in [0.1, 0.15) is 4.88 Å². The molecule has 2 atom stereocenters. The van der Waals surface area contributed by atoms with Crippen LogP contribution in [0.3, 0.4) is 0 Å². The zero-order valence-electron chi connectivity index (χ0n) is 17.1. The molecular formula is C24H22Cl2N2O3S. The van der Waals surface area contributed by atoms with E-state index in [4.69, 9.17) is 28.9 Å². The van der Waals surface area contributed by atoms with Crippen molar-refractivity contribution < 1.29 is 14.7 Å². The molecular weight excluding hydrogens is 467 g/mol. The van der Waals surface area contributed by atoms with Gasteiger partial charge in [-0.25, -0.2) is 4.79 Å². The van der Waals surface area contributed by atoms with Gasteiger partial charge in [-0.15, -0.1) is 11.3 Å². The lowest BCUT2D eigenvalue weighted by Crippen LogP contribution is -2.52. The molecule has 1 heterocycles. The Kier molecular flexibility index (Phi) is 6.86. The maximum Gasteiger partial charge on any atom is 0.348 e. The van der Waals surface area contributed by atoms with Crippen molar-refractivity contribution in [1.82, 2.24) is 0 Å². The second-order valence-corrected chi connectivity index (χ2v) is 9.71. The highest BCUT2D eigenvalue weighted by Gasteiger charge is 2.36. The first-order valence-corrected chi connectivity index (χ1v) is 11.9. The van der Waals surface area contributed by atoms with Gasteiger partial charge in [-0.3, -0.25) is 4.79 Å². The van der Waals surface area contributed by atoms with E-state index in [1.54, 1.807) is 23.1 Å².